The highest BCUT2D eigenvalue weighted by Gasteiger charge is 2.58. The summed E-state index contributed by atoms with van der Waals surface area (Å²) in [6.45, 7) is 3.39. The zero-order valence-electron chi connectivity index (χ0n) is 12.6. The van der Waals surface area contributed by atoms with Crippen molar-refractivity contribution in [1.82, 2.24) is 0 Å². The number of halogens is 2. The van der Waals surface area contributed by atoms with Gasteiger partial charge < -0.3 is 5.21 Å². The van der Waals surface area contributed by atoms with E-state index < -0.39 is 5.66 Å². The van der Waals surface area contributed by atoms with E-state index in [4.69, 9.17) is 11.6 Å². The molecular formula is C17H15BrClN2O2+. The third-order valence-corrected chi connectivity index (χ3v) is 4.96. The van der Waals surface area contributed by atoms with Crippen LogP contribution in [-0.4, -0.2) is 26.1 Å². The lowest BCUT2D eigenvalue weighted by Crippen LogP contribution is -2.40. The molecule has 1 atom stereocenters. The number of benzene rings is 2. The van der Waals surface area contributed by atoms with Crippen molar-refractivity contribution < 1.29 is 14.7 Å². The van der Waals surface area contributed by atoms with Gasteiger partial charge >= 0.3 is 11.4 Å². The van der Waals surface area contributed by atoms with Crippen LogP contribution in [0, 0.1) is 5.21 Å². The largest absolute Gasteiger partial charge is 0.618 e. The molecule has 0 unspecified atom stereocenters. The van der Waals surface area contributed by atoms with E-state index in [1.165, 1.54) is 0 Å². The topological polar surface area (TPSA) is 49.3 Å². The molecule has 3 rings (SSSR count). The number of hydrogen-bond donors (Lipinski definition) is 1. The molecule has 6 heteroatoms. The van der Waals surface area contributed by atoms with Gasteiger partial charge in [0.15, 0.2) is 0 Å². The summed E-state index contributed by atoms with van der Waals surface area (Å²) in [5.74, 6) is 0. The smallest absolute Gasteiger partial charge is 0.431 e. The van der Waals surface area contributed by atoms with Crippen molar-refractivity contribution in [2.45, 2.75) is 19.5 Å². The first kappa shape index (κ1) is 16.0. The van der Waals surface area contributed by atoms with Crippen LogP contribution in [0.5, 0.6) is 0 Å². The van der Waals surface area contributed by atoms with Crippen molar-refractivity contribution in [3.8, 4) is 0 Å². The van der Waals surface area contributed by atoms with Crippen molar-refractivity contribution in [2.24, 2.45) is 0 Å². The quantitative estimate of drug-likeness (QED) is 0.472. The molecule has 0 saturated heterocycles. The van der Waals surface area contributed by atoms with Gasteiger partial charge in [0, 0.05) is 16.4 Å². The molecule has 0 bridgehead atoms. The second-order valence-electron chi connectivity index (χ2n) is 5.57. The van der Waals surface area contributed by atoms with Crippen molar-refractivity contribution in [3.63, 3.8) is 0 Å². The van der Waals surface area contributed by atoms with Crippen molar-refractivity contribution in [2.75, 3.05) is 0 Å². The maximum absolute atomic E-state index is 12.8. The molecule has 1 aliphatic rings. The van der Waals surface area contributed by atoms with Gasteiger partial charge in [0.05, 0.1) is 22.8 Å². The van der Waals surface area contributed by atoms with Crippen LogP contribution in [0.25, 0.3) is 0 Å². The Morgan fingerprint density at radius 1 is 1.09 bits per heavy atom. The molecule has 0 amide bonds. The monoisotopic (exact) mass is 393 g/mol. The number of rotatable bonds is 2. The Bertz CT molecular complexity index is 829. The lowest BCUT2D eigenvalue weighted by Gasteiger charge is -2.17. The minimum Gasteiger partial charge on any atom is -0.618 e. The van der Waals surface area contributed by atoms with E-state index in [1.807, 2.05) is 24.3 Å². The van der Waals surface area contributed by atoms with Crippen LogP contribution in [0.2, 0.25) is 5.02 Å². The van der Waals surface area contributed by atoms with Crippen molar-refractivity contribution >= 4 is 39.0 Å². The molecule has 2 aromatic rings. The highest BCUT2D eigenvalue weighted by Crippen LogP contribution is 2.31. The molecule has 0 aromatic heterocycles. The zero-order valence-corrected chi connectivity index (χ0v) is 15.0. The first-order valence-electron chi connectivity index (χ1n) is 7.05. The molecule has 2 aromatic carbocycles. The third kappa shape index (κ3) is 2.44. The van der Waals surface area contributed by atoms with Gasteiger partial charge in [0.2, 0.25) is 0 Å². The predicted molar refractivity (Wildman–Crippen MR) is 93.4 cm³/mol. The van der Waals surface area contributed by atoms with Crippen LogP contribution in [0.3, 0.4) is 0 Å². The summed E-state index contributed by atoms with van der Waals surface area (Å²) in [6.07, 6.45) is 0. The van der Waals surface area contributed by atoms with E-state index in [0.29, 0.717) is 22.0 Å². The fourth-order valence-corrected chi connectivity index (χ4v) is 3.21. The summed E-state index contributed by atoms with van der Waals surface area (Å²) in [5.41, 5.74) is 1.12. The SMILES string of the molecule is CC1=[N+]([O-])[C@@](C)(c2ccc(Br)cc2)[N+](O)=C1c1ccc(Cl)cc1. The van der Waals surface area contributed by atoms with Gasteiger partial charge in [-0.2, -0.15) is 0 Å². The molecule has 23 heavy (non-hydrogen) atoms. The Balaban J connectivity index is 2.20. The molecule has 118 valence electrons. The summed E-state index contributed by atoms with van der Waals surface area (Å²) in [4.78, 5) is 0. The molecule has 4 nitrogen and oxygen atoms in total. The fraction of sp³-hybridized carbons (Fsp3) is 0.176. The minimum absolute atomic E-state index is 0.445. The van der Waals surface area contributed by atoms with E-state index >= 15 is 0 Å². The van der Waals surface area contributed by atoms with Crippen LogP contribution < -0.4 is 0 Å². The normalized spacial score (nSPS) is 21.2. The standard InChI is InChI=1S/C17H15BrClN2O2/c1-11-16(12-3-9-15(19)10-4-12)21(23)17(2,20(11)22)13-5-7-14(18)8-6-13/h3-10,23H,1-2H3/q+1/t17-/m1/s1. The zero-order chi connectivity index (χ0) is 16.8. The van der Waals surface area contributed by atoms with E-state index in [1.54, 1.807) is 38.1 Å². The van der Waals surface area contributed by atoms with E-state index in [0.717, 1.165) is 19.5 Å². The molecule has 1 aliphatic heterocycles. The second-order valence-corrected chi connectivity index (χ2v) is 6.93. The van der Waals surface area contributed by atoms with Crippen molar-refractivity contribution in [1.29, 1.82) is 0 Å². The molecular weight excluding hydrogens is 380 g/mol. The molecule has 0 saturated carbocycles. The molecule has 0 aliphatic carbocycles. The average molecular weight is 395 g/mol. The summed E-state index contributed by atoms with van der Waals surface area (Å²) in [7, 11) is 0. The van der Waals surface area contributed by atoms with Crippen LogP contribution in [0.4, 0.5) is 0 Å². The first-order chi connectivity index (χ1) is 10.9. The van der Waals surface area contributed by atoms with Crippen LogP contribution in [0.15, 0.2) is 53.0 Å². The van der Waals surface area contributed by atoms with Gasteiger partial charge in [-0.1, -0.05) is 27.5 Å². The maximum atomic E-state index is 12.8. The second kappa shape index (κ2) is 5.65. The molecule has 1 heterocycles. The number of hydroxylamine groups is 2. The Labute approximate surface area is 147 Å². The Morgan fingerprint density at radius 2 is 1.65 bits per heavy atom. The fourth-order valence-electron chi connectivity index (χ4n) is 2.82. The van der Waals surface area contributed by atoms with E-state index in [-0.39, 0.29) is 0 Å². The van der Waals surface area contributed by atoms with Crippen LogP contribution >= 0.6 is 27.5 Å². The van der Waals surface area contributed by atoms with E-state index in [2.05, 4.69) is 15.9 Å². The van der Waals surface area contributed by atoms with Gasteiger partial charge in [-0.05, 0) is 48.5 Å². The van der Waals surface area contributed by atoms with E-state index in [9.17, 15) is 10.4 Å². The lowest BCUT2D eigenvalue weighted by molar-refractivity contribution is -0.929. The van der Waals surface area contributed by atoms with Gasteiger partial charge in [-0.3, -0.25) is 5.21 Å². The van der Waals surface area contributed by atoms with Gasteiger partial charge in [-0.15, -0.1) is 4.74 Å². The maximum Gasteiger partial charge on any atom is 0.431 e. The lowest BCUT2D eigenvalue weighted by atomic mass is 10.0. The summed E-state index contributed by atoms with van der Waals surface area (Å²) in [6, 6.07) is 14.4. The molecule has 0 spiro atoms. The van der Waals surface area contributed by atoms with Gasteiger partial charge in [-0.25, -0.2) is 0 Å². The highest BCUT2D eigenvalue weighted by atomic mass is 79.9. The predicted octanol–water partition coefficient (Wildman–Crippen LogP) is 4.15. The number of hydrogen-bond acceptors (Lipinski definition) is 2. The minimum atomic E-state index is -1.22. The summed E-state index contributed by atoms with van der Waals surface area (Å²) < 4.78 is 2.77. The Hall–Kier alpha value is -1.85. The Kier molecular flexibility index (Phi) is 3.94. The van der Waals surface area contributed by atoms with Crippen LogP contribution in [-0.2, 0) is 5.66 Å². The highest BCUT2D eigenvalue weighted by molar-refractivity contribution is 9.10. The van der Waals surface area contributed by atoms with Crippen LogP contribution in [0.1, 0.15) is 25.0 Å². The molecule has 1 N–H and O–H groups in total. The first-order valence-corrected chi connectivity index (χ1v) is 8.22. The molecule has 0 radical (unpaired) electrons. The number of nitrogens with zero attached hydrogens (tertiary/aromatic N) is 2. The third-order valence-electron chi connectivity index (χ3n) is 4.18. The Morgan fingerprint density at radius 3 is 2.22 bits per heavy atom. The van der Waals surface area contributed by atoms with Gasteiger partial charge in [0.25, 0.3) is 5.71 Å². The van der Waals surface area contributed by atoms with Crippen molar-refractivity contribution in [3.05, 3.63) is 74.4 Å². The summed E-state index contributed by atoms with van der Waals surface area (Å²) >= 11 is 9.30. The summed E-state index contributed by atoms with van der Waals surface area (Å²) in [5, 5.41) is 24.2. The molecule has 0 fully saturated rings. The van der Waals surface area contributed by atoms with Gasteiger partial charge in [0.1, 0.15) is 0 Å². The average Bonchev–Trinajstić information content (AvgIpc) is 2.71.